The van der Waals surface area contributed by atoms with Crippen molar-refractivity contribution in [1.29, 1.82) is 5.26 Å². The molecule has 0 aromatic rings. The van der Waals surface area contributed by atoms with Gasteiger partial charge in [0.1, 0.15) is 5.54 Å². The van der Waals surface area contributed by atoms with E-state index in [2.05, 4.69) is 13.0 Å². The molecule has 0 aliphatic carbocycles. The molecule has 0 aliphatic heterocycles. The first kappa shape index (κ1) is 13.4. The molecule has 0 fully saturated rings. The zero-order valence-electron chi connectivity index (χ0n) is 9.68. The summed E-state index contributed by atoms with van der Waals surface area (Å²) in [4.78, 5) is 0. The maximum atomic E-state index is 8.69. The molecule has 0 radical (unpaired) electrons. The van der Waals surface area contributed by atoms with Gasteiger partial charge in [0, 0.05) is 0 Å². The minimum Gasteiger partial charge on any atom is -0.314 e. The summed E-state index contributed by atoms with van der Waals surface area (Å²) < 4.78 is 0. The van der Waals surface area contributed by atoms with Gasteiger partial charge in [-0.3, -0.25) is 0 Å². The molecule has 0 amide bonds. The Morgan fingerprint density at radius 3 is 2.07 bits per heavy atom. The molecule has 1 unspecified atom stereocenters. The van der Waals surface area contributed by atoms with E-state index in [-0.39, 0.29) is 0 Å². The third-order valence-corrected chi connectivity index (χ3v) is 2.56. The predicted molar refractivity (Wildman–Crippen MR) is 60.8 cm³/mol. The van der Waals surface area contributed by atoms with Gasteiger partial charge in [-0.1, -0.05) is 51.9 Å². The monoisotopic (exact) mass is 196 g/mol. The fourth-order valence-electron chi connectivity index (χ4n) is 1.51. The molecule has 82 valence electrons. The summed E-state index contributed by atoms with van der Waals surface area (Å²) in [6.07, 6.45) is 9.78. The highest BCUT2D eigenvalue weighted by Gasteiger charge is 2.15. The van der Waals surface area contributed by atoms with Crippen molar-refractivity contribution in [2.75, 3.05) is 0 Å². The van der Waals surface area contributed by atoms with Crippen LogP contribution in [0.25, 0.3) is 0 Å². The molecular weight excluding hydrogens is 172 g/mol. The van der Waals surface area contributed by atoms with Crippen molar-refractivity contribution in [1.82, 2.24) is 0 Å². The molecule has 0 spiro atoms. The second-order valence-corrected chi connectivity index (χ2v) is 4.40. The van der Waals surface area contributed by atoms with E-state index in [0.717, 1.165) is 12.8 Å². The van der Waals surface area contributed by atoms with Gasteiger partial charge in [0.25, 0.3) is 0 Å². The highest BCUT2D eigenvalue weighted by atomic mass is 14.7. The van der Waals surface area contributed by atoms with Crippen molar-refractivity contribution in [3.05, 3.63) is 0 Å². The largest absolute Gasteiger partial charge is 0.314 e. The van der Waals surface area contributed by atoms with E-state index in [1.807, 2.05) is 6.92 Å². The van der Waals surface area contributed by atoms with E-state index in [9.17, 15) is 0 Å². The highest BCUT2D eigenvalue weighted by molar-refractivity contribution is 5.00. The van der Waals surface area contributed by atoms with Crippen LogP contribution in [0.3, 0.4) is 0 Å². The quantitative estimate of drug-likeness (QED) is 0.605. The molecule has 0 aromatic carbocycles. The van der Waals surface area contributed by atoms with Crippen molar-refractivity contribution in [2.45, 2.75) is 70.8 Å². The smallest absolute Gasteiger partial charge is 0.101 e. The van der Waals surface area contributed by atoms with Crippen LogP contribution in [0, 0.1) is 11.3 Å². The normalized spacial score (nSPS) is 14.7. The topological polar surface area (TPSA) is 49.8 Å². The molecule has 14 heavy (non-hydrogen) atoms. The van der Waals surface area contributed by atoms with Gasteiger partial charge < -0.3 is 5.73 Å². The highest BCUT2D eigenvalue weighted by Crippen LogP contribution is 2.13. The number of unbranched alkanes of at least 4 members (excludes halogenated alkanes) is 6. The summed E-state index contributed by atoms with van der Waals surface area (Å²) >= 11 is 0. The van der Waals surface area contributed by atoms with Gasteiger partial charge in [-0.25, -0.2) is 0 Å². The number of hydrogen-bond acceptors (Lipinski definition) is 2. The molecular formula is C12H24N2. The van der Waals surface area contributed by atoms with E-state index in [4.69, 9.17) is 11.0 Å². The lowest BCUT2D eigenvalue weighted by atomic mass is 9.97. The average molecular weight is 196 g/mol. The van der Waals surface area contributed by atoms with Crippen LogP contribution in [0.5, 0.6) is 0 Å². The molecule has 2 nitrogen and oxygen atoms in total. The predicted octanol–water partition coefficient (Wildman–Crippen LogP) is 3.37. The Labute approximate surface area is 88.5 Å². The minimum absolute atomic E-state index is 0.608. The fourth-order valence-corrected chi connectivity index (χ4v) is 1.51. The Hall–Kier alpha value is -0.550. The zero-order chi connectivity index (χ0) is 10.9. The second-order valence-electron chi connectivity index (χ2n) is 4.40. The zero-order valence-corrected chi connectivity index (χ0v) is 9.68. The van der Waals surface area contributed by atoms with Gasteiger partial charge in [-0.05, 0) is 13.3 Å². The van der Waals surface area contributed by atoms with Crippen LogP contribution in [0.2, 0.25) is 0 Å². The Morgan fingerprint density at radius 2 is 1.57 bits per heavy atom. The van der Waals surface area contributed by atoms with Gasteiger partial charge in [-0.15, -0.1) is 0 Å². The number of nitriles is 1. The van der Waals surface area contributed by atoms with Gasteiger partial charge >= 0.3 is 0 Å². The number of hydrogen-bond donors (Lipinski definition) is 1. The third-order valence-electron chi connectivity index (χ3n) is 2.56. The van der Waals surface area contributed by atoms with Crippen molar-refractivity contribution in [3.63, 3.8) is 0 Å². The SMILES string of the molecule is CCCCCCCCCC(C)(N)C#N. The van der Waals surface area contributed by atoms with Crippen LogP contribution in [0.1, 0.15) is 65.2 Å². The Kier molecular flexibility index (Phi) is 7.51. The lowest BCUT2D eigenvalue weighted by Crippen LogP contribution is -2.33. The van der Waals surface area contributed by atoms with Crippen LogP contribution in [0.4, 0.5) is 0 Å². The molecule has 0 heterocycles. The van der Waals surface area contributed by atoms with E-state index in [1.54, 1.807) is 0 Å². The summed E-state index contributed by atoms with van der Waals surface area (Å²) in [6.45, 7) is 4.04. The molecule has 2 N–H and O–H groups in total. The lowest BCUT2D eigenvalue weighted by molar-refractivity contribution is 0.490. The van der Waals surface area contributed by atoms with E-state index >= 15 is 0 Å². The lowest BCUT2D eigenvalue weighted by Gasteiger charge is -2.14. The molecule has 0 saturated carbocycles. The molecule has 0 aliphatic rings. The van der Waals surface area contributed by atoms with Gasteiger partial charge in [0.05, 0.1) is 6.07 Å². The minimum atomic E-state index is -0.608. The maximum Gasteiger partial charge on any atom is 0.101 e. The first-order chi connectivity index (χ1) is 6.62. The van der Waals surface area contributed by atoms with Crippen LogP contribution >= 0.6 is 0 Å². The van der Waals surface area contributed by atoms with Crippen LogP contribution < -0.4 is 5.73 Å². The van der Waals surface area contributed by atoms with E-state index in [1.165, 1.54) is 38.5 Å². The molecule has 0 rings (SSSR count). The number of nitrogens with zero attached hydrogens (tertiary/aromatic N) is 1. The van der Waals surface area contributed by atoms with Crippen molar-refractivity contribution in [3.8, 4) is 6.07 Å². The Morgan fingerprint density at radius 1 is 1.07 bits per heavy atom. The molecule has 1 atom stereocenters. The molecule has 0 saturated heterocycles. The molecule has 0 bridgehead atoms. The third kappa shape index (κ3) is 8.07. The number of nitrogens with two attached hydrogens (primary N) is 1. The van der Waals surface area contributed by atoms with Gasteiger partial charge in [-0.2, -0.15) is 5.26 Å². The maximum absolute atomic E-state index is 8.69. The van der Waals surface area contributed by atoms with Gasteiger partial charge in [0.15, 0.2) is 0 Å². The van der Waals surface area contributed by atoms with Crippen molar-refractivity contribution in [2.24, 2.45) is 5.73 Å². The van der Waals surface area contributed by atoms with Crippen LogP contribution in [0.15, 0.2) is 0 Å². The van der Waals surface area contributed by atoms with Crippen LogP contribution in [-0.2, 0) is 0 Å². The Balaban J connectivity index is 3.18. The first-order valence-corrected chi connectivity index (χ1v) is 5.82. The van der Waals surface area contributed by atoms with Crippen molar-refractivity contribution >= 4 is 0 Å². The molecule has 2 heteroatoms. The summed E-state index contributed by atoms with van der Waals surface area (Å²) in [6, 6.07) is 2.13. The average Bonchev–Trinajstić information content (AvgIpc) is 2.16. The standard InChI is InChI=1S/C12H24N2/c1-3-4-5-6-7-8-9-10-12(2,14)11-13/h3-10,14H2,1-2H3. The molecule has 0 aromatic heterocycles. The fraction of sp³-hybridized carbons (Fsp3) is 0.917. The summed E-state index contributed by atoms with van der Waals surface area (Å²) in [5.74, 6) is 0. The number of rotatable bonds is 8. The summed E-state index contributed by atoms with van der Waals surface area (Å²) in [7, 11) is 0. The van der Waals surface area contributed by atoms with E-state index in [0.29, 0.717) is 0 Å². The summed E-state index contributed by atoms with van der Waals surface area (Å²) in [5.41, 5.74) is 5.11. The van der Waals surface area contributed by atoms with Gasteiger partial charge in [0.2, 0.25) is 0 Å². The Bertz CT molecular complexity index is 168. The first-order valence-electron chi connectivity index (χ1n) is 5.82. The van der Waals surface area contributed by atoms with Crippen molar-refractivity contribution < 1.29 is 0 Å². The second kappa shape index (κ2) is 7.82. The van der Waals surface area contributed by atoms with E-state index < -0.39 is 5.54 Å². The van der Waals surface area contributed by atoms with Crippen LogP contribution in [-0.4, -0.2) is 5.54 Å². The summed E-state index contributed by atoms with van der Waals surface area (Å²) in [5, 5.41) is 8.69.